The Morgan fingerprint density at radius 2 is 2.17 bits per heavy atom. The van der Waals surface area contributed by atoms with Crippen molar-refractivity contribution in [3.8, 4) is 0 Å². The van der Waals surface area contributed by atoms with Crippen molar-refractivity contribution in [2.45, 2.75) is 27.2 Å². The molecule has 1 aromatic carbocycles. The Balaban J connectivity index is 2.15. The van der Waals surface area contributed by atoms with Gasteiger partial charge < -0.3 is 4.90 Å². The van der Waals surface area contributed by atoms with E-state index in [0.29, 0.717) is 11.8 Å². The molecule has 1 amide bonds. The minimum Gasteiger partial charge on any atom is -0.338 e. The van der Waals surface area contributed by atoms with E-state index in [4.69, 9.17) is 0 Å². The number of benzene rings is 1. The molecule has 1 heterocycles. The van der Waals surface area contributed by atoms with Crippen LogP contribution < -0.4 is 0 Å². The number of halogens is 1. The zero-order valence-electron chi connectivity index (χ0n) is 11.2. The standard InChI is InChI=1S/C15H20BrNO/c1-10(2)12-6-7-17(9-12)15(18)13-8-11(3)4-5-14(13)16/h4-5,8,10,12H,6-7,9H2,1-3H3. The Morgan fingerprint density at radius 1 is 1.44 bits per heavy atom. The monoisotopic (exact) mass is 309 g/mol. The maximum Gasteiger partial charge on any atom is 0.255 e. The topological polar surface area (TPSA) is 20.3 Å². The van der Waals surface area contributed by atoms with Gasteiger partial charge in [0.25, 0.3) is 5.91 Å². The molecular weight excluding hydrogens is 290 g/mol. The van der Waals surface area contributed by atoms with Gasteiger partial charge in [0.15, 0.2) is 0 Å². The molecule has 1 aromatic rings. The molecule has 2 nitrogen and oxygen atoms in total. The van der Waals surface area contributed by atoms with Crippen LogP contribution in [-0.2, 0) is 0 Å². The zero-order valence-corrected chi connectivity index (χ0v) is 12.8. The number of hydrogen-bond acceptors (Lipinski definition) is 1. The van der Waals surface area contributed by atoms with Crippen LogP contribution in [0.3, 0.4) is 0 Å². The van der Waals surface area contributed by atoms with Gasteiger partial charge in [-0.1, -0.05) is 25.5 Å². The van der Waals surface area contributed by atoms with Gasteiger partial charge >= 0.3 is 0 Å². The normalized spacial score (nSPS) is 19.6. The zero-order chi connectivity index (χ0) is 13.3. The predicted molar refractivity (Wildman–Crippen MR) is 77.7 cm³/mol. The fourth-order valence-corrected chi connectivity index (χ4v) is 2.91. The Kier molecular flexibility index (Phi) is 4.10. The highest BCUT2D eigenvalue weighted by Crippen LogP contribution is 2.27. The molecule has 0 aliphatic carbocycles. The summed E-state index contributed by atoms with van der Waals surface area (Å²) in [5, 5.41) is 0. The van der Waals surface area contributed by atoms with Crippen molar-refractivity contribution >= 4 is 21.8 Å². The van der Waals surface area contributed by atoms with Crippen LogP contribution in [0.5, 0.6) is 0 Å². The summed E-state index contributed by atoms with van der Waals surface area (Å²) >= 11 is 3.47. The second-order valence-corrected chi connectivity index (χ2v) is 6.38. The van der Waals surface area contributed by atoms with Gasteiger partial charge in [0.05, 0.1) is 5.56 Å². The van der Waals surface area contributed by atoms with Gasteiger partial charge in [0, 0.05) is 17.6 Å². The van der Waals surface area contributed by atoms with Gasteiger partial charge in [0.2, 0.25) is 0 Å². The van der Waals surface area contributed by atoms with Crippen LogP contribution in [0.25, 0.3) is 0 Å². The van der Waals surface area contributed by atoms with E-state index in [1.807, 2.05) is 30.0 Å². The first-order chi connectivity index (χ1) is 8.49. The maximum absolute atomic E-state index is 12.5. The summed E-state index contributed by atoms with van der Waals surface area (Å²) < 4.78 is 0.895. The lowest BCUT2D eigenvalue weighted by molar-refractivity contribution is 0.0783. The summed E-state index contributed by atoms with van der Waals surface area (Å²) in [7, 11) is 0. The number of amides is 1. The third-order valence-electron chi connectivity index (χ3n) is 3.81. The van der Waals surface area contributed by atoms with Gasteiger partial charge in [0.1, 0.15) is 0 Å². The number of hydrogen-bond donors (Lipinski definition) is 0. The molecule has 0 aromatic heterocycles. The van der Waals surface area contributed by atoms with E-state index >= 15 is 0 Å². The molecule has 0 N–H and O–H groups in total. The van der Waals surface area contributed by atoms with E-state index in [1.165, 1.54) is 0 Å². The maximum atomic E-state index is 12.5. The molecule has 1 aliphatic rings. The summed E-state index contributed by atoms with van der Waals surface area (Å²) in [4.78, 5) is 14.5. The first-order valence-electron chi connectivity index (χ1n) is 6.54. The van der Waals surface area contributed by atoms with Crippen LogP contribution >= 0.6 is 15.9 Å². The SMILES string of the molecule is Cc1ccc(Br)c(C(=O)N2CCC(C(C)C)C2)c1. The van der Waals surface area contributed by atoms with Crippen LogP contribution in [0.1, 0.15) is 36.2 Å². The molecule has 1 fully saturated rings. The summed E-state index contributed by atoms with van der Waals surface area (Å²) in [6.45, 7) is 8.28. The van der Waals surface area contributed by atoms with E-state index < -0.39 is 0 Å². The minimum absolute atomic E-state index is 0.161. The Morgan fingerprint density at radius 3 is 2.78 bits per heavy atom. The molecule has 1 unspecified atom stereocenters. The highest BCUT2D eigenvalue weighted by atomic mass is 79.9. The molecular formula is C15H20BrNO. The number of aryl methyl sites for hydroxylation is 1. The summed E-state index contributed by atoms with van der Waals surface area (Å²) in [6.07, 6.45) is 1.13. The van der Waals surface area contributed by atoms with Crippen molar-refractivity contribution < 1.29 is 4.79 Å². The lowest BCUT2D eigenvalue weighted by atomic mass is 9.95. The van der Waals surface area contributed by atoms with Crippen molar-refractivity contribution in [1.29, 1.82) is 0 Å². The summed E-state index contributed by atoms with van der Waals surface area (Å²) in [5.74, 6) is 1.47. The van der Waals surface area contributed by atoms with Crippen LogP contribution in [0.4, 0.5) is 0 Å². The van der Waals surface area contributed by atoms with E-state index in [-0.39, 0.29) is 5.91 Å². The lowest BCUT2D eigenvalue weighted by Gasteiger charge is -2.19. The highest BCUT2D eigenvalue weighted by Gasteiger charge is 2.29. The van der Waals surface area contributed by atoms with Gasteiger partial charge in [-0.2, -0.15) is 0 Å². The van der Waals surface area contributed by atoms with E-state index in [9.17, 15) is 4.79 Å². The largest absolute Gasteiger partial charge is 0.338 e. The Labute approximate surface area is 117 Å². The minimum atomic E-state index is 0.161. The molecule has 0 saturated carbocycles. The third-order valence-corrected chi connectivity index (χ3v) is 4.50. The molecule has 0 spiro atoms. The number of carbonyl (C=O) groups is 1. The Bertz CT molecular complexity index is 456. The van der Waals surface area contributed by atoms with Crippen LogP contribution in [0.2, 0.25) is 0 Å². The fourth-order valence-electron chi connectivity index (χ4n) is 2.49. The molecule has 2 rings (SSSR count). The van der Waals surface area contributed by atoms with Crippen LogP contribution in [0.15, 0.2) is 22.7 Å². The number of nitrogens with zero attached hydrogens (tertiary/aromatic N) is 1. The van der Waals surface area contributed by atoms with E-state index in [0.717, 1.165) is 35.1 Å². The average Bonchev–Trinajstić information content (AvgIpc) is 2.81. The fraction of sp³-hybridized carbons (Fsp3) is 0.533. The van der Waals surface area contributed by atoms with Gasteiger partial charge in [-0.05, 0) is 53.2 Å². The summed E-state index contributed by atoms with van der Waals surface area (Å²) in [6, 6.07) is 5.94. The molecule has 0 radical (unpaired) electrons. The first kappa shape index (κ1) is 13.6. The highest BCUT2D eigenvalue weighted by molar-refractivity contribution is 9.10. The quantitative estimate of drug-likeness (QED) is 0.812. The van der Waals surface area contributed by atoms with Crippen molar-refractivity contribution in [3.63, 3.8) is 0 Å². The van der Waals surface area contributed by atoms with Crippen LogP contribution in [0, 0.1) is 18.8 Å². The van der Waals surface area contributed by atoms with Crippen molar-refractivity contribution in [2.75, 3.05) is 13.1 Å². The van der Waals surface area contributed by atoms with Crippen molar-refractivity contribution in [2.24, 2.45) is 11.8 Å². The van der Waals surface area contributed by atoms with E-state index in [2.05, 4.69) is 29.8 Å². The second kappa shape index (κ2) is 5.43. The van der Waals surface area contributed by atoms with Gasteiger partial charge in [-0.25, -0.2) is 0 Å². The summed E-state index contributed by atoms with van der Waals surface area (Å²) in [5.41, 5.74) is 1.92. The molecule has 1 atom stereocenters. The molecule has 18 heavy (non-hydrogen) atoms. The lowest BCUT2D eigenvalue weighted by Crippen LogP contribution is -2.29. The number of likely N-dealkylation sites (tertiary alicyclic amines) is 1. The van der Waals surface area contributed by atoms with Crippen molar-refractivity contribution in [1.82, 2.24) is 4.90 Å². The molecule has 1 aliphatic heterocycles. The van der Waals surface area contributed by atoms with Gasteiger partial charge in [-0.3, -0.25) is 4.79 Å². The molecule has 1 saturated heterocycles. The van der Waals surface area contributed by atoms with E-state index in [1.54, 1.807) is 0 Å². The van der Waals surface area contributed by atoms with Crippen LogP contribution in [-0.4, -0.2) is 23.9 Å². The molecule has 3 heteroatoms. The molecule has 98 valence electrons. The average molecular weight is 310 g/mol. The Hall–Kier alpha value is -0.830. The second-order valence-electron chi connectivity index (χ2n) is 5.53. The third kappa shape index (κ3) is 2.77. The van der Waals surface area contributed by atoms with Gasteiger partial charge in [-0.15, -0.1) is 0 Å². The molecule has 0 bridgehead atoms. The number of rotatable bonds is 2. The number of carbonyl (C=O) groups excluding carboxylic acids is 1. The predicted octanol–water partition coefficient (Wildman–Crippen LogP) is 3.88. The van der Waals surface area contributed by atoms with Crippen molar-refractivity contribution in [3.05, 3.63) is 33.8 Å². The first-order valence-corrected chi connectivity index (χ1v) is 7.33. The smallest absolute Gasteiger partial charge is 0.255 e.